The molecule has 0 saturated heterocycles. The molecule has 1 aliphatic heterocycles. The second-order valence-electron chi connectivity index (χ2n) is 7.21. The average Bonchev–Trinajstić information content (AvgIpc) is 3.15. The zero-order chi connectivity index (χ0) is 19.3. The van der Waals surface area contributed by atoms with Gasteiger partial charge in [-0.1, -0.05) is 54.6 Å². The summed E-state index contributed by atoms with van der Waals surface area (Å²) in [6.07, 6.45) is 5.02. The van der Waals surface area contributed by atoms with E-state index in [1.165, 1.54) is 21.4 Å². The predicted octanol–water partition coefficient (Wildman–Crippen LogP) is 4.48. The Kier molecular flexibility index (Phi) is 5.44. The molecule has 0 unspecified atom stereocenters. The Hall–Kier alpha value is -3.05. The van der Waals surface area contributed by atoms with Crippen molar-refractivity contribution in [2.24, 2.45) is 0 Å². The van der Waals surface area contributed by atoms with Crippen LogP contribution in [0.2, 0.25) is 0 Å². The molecule has 1 aliphatic rings. The predicted molar refractivity (Wildman–Crippen MR) is 111 cm³/mol. The summed E-state index contributed by atoms with van der Waals surface area (Å²) in [6, 6.07) is 18.1. The molecule has 144 valence electrons. The van der Waals surface area contributed by atoms with Gasteiger partial charge in [-0.15, -0.1) is 0 Å². The highest BCUT2D eigenvalue weighted by molar-refractivity contribution is 5.83. The molecule has 0 atom stereocenters. The Balaban J connectivity index is 1.37. The molecule has 0 fully saturated rings. The number of amides is 1. The number of nitrogens with one attached hydrogen (secondary N) is 1. The zero-order valence-corrected chi connectivity index (χ0v) is 15.8. The zero-order valence-electron chi connectivity index (χ0n) is 15.8. The number of aromatic amines is 1. The third-order valence-corrected chi connectivity index (χ3v) is 5.40. The van der Waals surface area contributed by atoms with Crippen molar-refractivity contribution < 1.29 is 9.90 Å². The Bertz CT molecular complexity index is 978. The molecule has 2 aromatic carbocycles. The van der Waals surface area contributed by atoms with E-state index >= 15 is 0 Å². The van der Waals surface area contributed by atoms with Crippen LogP contribution in [0.4, 0.5) is 4.79 Å². The highest BCUT2D eigenvalue weighted by Gasteiger charge is 2.21. The number of carbonyl (C=O) groups is 1. The van der Waals surface area contributed by atoms with Crippen molar-refractivity contribution in [1.82, 2.24) is 14.8 Å². The average molecular weight is 375 g/mol. The lowest BCUT2D eigenvalue weighted by atomic mass is 10.1. The van der Waals surface area contributed by atoms with Crippen molar-refractivity contribution in [1.29, 1.82) is 0 Å². The van der Waals surface area contributed by atoms with Gasteiger partial charge < -0.3 is 10.1 Å². The van der Waals surface area contributed by atoms with E-state index < -0.39 is 6.09 Å². The van der Waals surface area contributed by atoms with E-state index in [2.05, 4.69) is 40.4 Å². The normalized spacial score (nSPS) is 14.8. The Morgan fingerprint density at radius 3 is 2.64 bits per heavy atom. The second-order valence-corrected chi connectivity index (χ2v) is 7.21. The summed E-state index contributed by atoms with van der Waals surface area (Å²) in [7, 11) is 0. The largest absolute Gasteiger partial charge is 0.465 e. The first kappa shape index (κ1) is 18.3. The van der Waals surface area contributed by atoms with Gasteiger partial charge in [-0.3, -0.25) is 9.80 Å². The van der Waals surface area contributed by atoms with E-state index in [0.717, 1.165) is 43.7 Å². The maximum atomic E-state index is 11.8. The fourth-order valence-electron chi connectivity index (χ4n) is 3.82. The van der Waals surface area contributed by atoms with Crippen LogP contribution in [0, 0.1) is 0 Å². The van der Waals surface area contributed by atoms with Gasteiger partial charge >= 0.3 is 6.09 Å². The van der Waals surface area contributed by atoms with Crippen molar-refractivity contribution in [3.8, 4) is 0 Å². The van der Waals surface area contributed by atoms with Crippen LogP contribution in [0.5, 0.6) is 0 Å². The standard InChI is InChI=1S/C23H25N3O2/c27-23(28)26(17-18-6-2-1-3-7-18)20-11-14-25(15-12-20)13-10-19-16-24-22-9-5-4-8-21(19)22/h1-9,11,16,24H,10,12-15,17H2,(H,27,28). The molecule has 1 aromatic heterocycles. The van der Waals surface area contributed by atoms with Crippen LogP contribution in [0.25, 0.3) is 10.9 Å². The summed E-state index contributed by atoms with van der Waals surface area (Å²) >= 11 is 0. The van der Waals surface area contributed by atoms with Gasteiger partial charge in [-0.05, 0) is 23.6 Å². The fourth-order valence-corrected chi connectivity index (χ4v) is 3.82. The van der Waals surface area contributed by atoms with Gasteiger partial charge in [-0.2, -0.15) is 0 Å². The van der Waals surface area contributed by atoms with Gasteiger partial charge in [0.15, 0.2) is 0 Å². The minimum Gasteiger partial charge on any atom is -0.465 e. The SMILES string of the molecule is O=C(O)N(Cc1ccccc1)C1=CCN(CCc2c[nH]c3ccccc23)CC1. The van der Waals surface area contributed by atoms with Gasteiger partial charge in [0.1, 0.15) is 0 Å². The number of H-pyrrole nitrogens is 1. The van der Waals surface area contributed by atoms with Crippen LogP contribution in [-0.4, -0.2) is 45.6 Å². The number of hydrogen-bond acceptors (Lipinski definition) is 2. The van der Waals surface area contributed by atoms with E-state index in [0.29, 0.717) is 6.54 Å². The first-order chi connectivity index (χ1) is 13.7. The van der Waals surface area contributed by atoms with E-state index in [9.17, 15) is 9.90 Å². The third-order valence-electron chi connectivity index (χ3n) is 5.40. The summed E-state index contributed by atoms with van der Waals surface area (Å²) in [5.74, 6) is 0. The fraction of sp³-hybridized carbons (Fsp3) is 0.261. The van der Waals surface area contributed by atoms with Crippen molar-refractivity contribution in [3.63, 3.8) is 0 Å². The quantitative estimate of drug-likeness (QED) is 0.668. The molecule has 0 spiro atoms. The van der Waals surface area contributed by atoms with Gasteiger partial charge in [0.05, 0.1) is 6.54 Å². The number of rotatable bonds is 6. The molecule has 1 amide bonds. The molecule has 5 nitrogen and oxygen atoms in total. The number of fused-ring (bicyclic) bond motifs is 1. The molecule has 5 heteroatoms. The molecule has 2 heterocycles. The molecule has 0 aliphatic carbocycles. The van der Waals surface area contributed by atoms with Crippen LogP contribution < -0.4 is 0 Å². The summed E-state index contributed by atoms with van der Waals surface area (Å²) < 4.78 is 0. The van der Waals surface area contributed by atoms with Gasteiger partial charge in [0.25, 0.3) is 0 Å². The first-order valence-corrected chi connectivity index (χ1v) is 9.71. The van der Waals surface area contributed by atoms with E-state index in [4.69, 9.17) is 0 Å². The Morgan fingerprint density at radius 2 is 1.89 bits per heavy atom. The van der Waals surface area contributed by atoms with Crippen LogP contribution in [0.1, 0.15) is 17.5 Å². The summed E-state index contributed by atoms with van der Waals surface area (Å²) in [6.45, 7) is 3.04. The minimum atomic E-state index is -0.887. The molecule has 0 bridgehead atoms. The second kappa shape index (κ2) is 8.31. The summed E-state index contributed by atoms with van der Waals surface area (Å²) in [4.78, 5) is 19.0. The molecular formula is C23H25N3O2. The molecule has 3 aromatic rings. The summed E-state index contributed by atoms with van der Waals surface area (Å²) in [5, 5.41) is 10.9. The van der Waals surface area contributed by atoms with Crippen LogP contribution in [0.3, 0.4) is 0 Å². The lowest BCUT2D eigenvalue weighted by Gasteiger charge is -2.30. The van der Waals surface area contributed by atoms with E-state index in [1.807, 2.05) is 36.4 Å². The third kappa shape index (κ3) is 4.10. The number of carboxylic acid groups (broad SMARTS) is 1. The smallest absolute Gasteiger partial charge is 0.411 e. The number of para-hydroxylation sites is 1. The summed E-state index contributed by atoms with van der Waals surface area (Å²) in [5.41, 5.74) is 4.42. The van der Waals surface area contributed by atoms with E-state index in [1.54, 1.807) is 0 Å². The maximum absolute atomic E-state index is 11.8. The number of nitrogens with zero attached hydrogens (tertiary/aromatic N) is 2. The molecular weight excluding hydrogens is 350 g/mol. The van der Waals surface area contributed by atoms with Crippen LogP contribution in [-0.2, 0) is 13.0 Å². The van der Waals surface area contributed by atoms with Crippen molar-refractivity contribution in [2.45, 2.75) is 19.4 Å². The molecule has 4 rings (SSSR count). The monoisotopic (exact) mass is 375 g/mol. The highest BCUT2D eigenvalue weighted by atomic mass is 16.4. The Labute approximate surface area is 164 Å². The van der Waals surface area contributed by atoms with Crippen molar-refractivity contribution in [2.75, 3.05) is 19.6 Å². The number of hydrogen-bond donors (Lipinski definition) is 2. The minimum absolute atomic E-state index is 0.400. The highest BCUT2D eigenvalue weighted by Crippen LogP contribution is 2.21. The van der Waals surface area contributed by atoms with Crippen LogP contribution >= 0.6 is 0 Å². The molecule has 0 radical (unpaired) electrons. The first-order valence-electron chi connectivity index (χ1n) is 9.71. The number of aromatic nitrogens is 1. The Morgan fingerprint density at radius 1 is 1.11 bits per heavy atom. The number of benzene rings is 2. The van der Waals surface area contributed by atoms with Gasteiger partial charge in [-0.25, -0.2) is 4.79 Å². The van der Waals surface area contributed by atoms with E-state index in [-0.39, 0.29) is 0 Å². The lowest BCUT2D eigenvalue weighted by Crippen LogP contribution is -2.36. The lowest BCUT2D eigenvalue weighted by molar-refractivity contribution is 0.151. The molecule has 0 saturated carbocycles. The maximum Gasteiger partial charge on any atom is 0.411 e. The molecule has 2 N–H and O–H groups in total. The van der Waals surface area contributed by atoms with Crippen molar-refractivity contribution >= 4 is 17.0 Å². The topological polar surface area (TPSA) is 59.6 Å². The van der Waals surface area contributed by atoms with Crippen molar-refractivity contribution in [3.05, 3.63) is 83.7 Å². The van der Waals surface area contributed by atoms with Gasteiger partial charge in [0.2, 0.25) is 0 Å². The van der Waals surface area contributed by atoms with Gasteiger partial charge in [0, 0.05) is 48.9 Å². The van der Waals surface area contributed by atoms with Crippen LogP contribution in [0.15, 0.2) is 72.6 Å². The molecule has 28 heavy (non-hydrogen) atoms.